The van der Waals surface area contributed by atoms with Crippen molar-refractivity contribution in [2.45, 2.75) is 57.5 Å². The molecular weight excluding hydrogens is 262 g/mol. The second-order valence-electron chi connectivity index (χ2n) is 5.76. The second-order valence-corrected chi connectivity index (χ2v) is 5.76. The molecule has 0 unspecified atom stereocenters. The summed E-state index contributed by atoms with van der Waals surface area (Å²) >= 11 is 0. The van der Waals surface area contributed by atoms with Crippen LogP contribution in [-0.4, -0.2) is 54.0 Å². The van der Waals surface area contributed by atoms with E-state index in [2.05, 4.69) is 16.7 Å². The fourth-order valence-corrected chi connectivity index (χ4v) is 3.32. The van der Waals surface area contributed by atoms with Crippen molar-refractivity contribution in [1.82, 2.24) is 9.80 Å². The zero-order valence-electron chi connectivity index (χ0n) is 12.0. The van der Waals surface area contributed by atoms with Crippen molar-refractivity contribution in [3.8, 4) is 0 Å². The first-order chi connectivity index (χ1) is 8.70. The van der Waals surface area contributed by atoms with E-state index in [9.17, 15) is 4.79 Å². The number of halogens is 1. The van der Waals surface area contributed by atoms with Gasteiger partial charge in [0.25, 0.3) is 0 Å². The minimum atomic E-state index is 0. The number of nitrogens with zero attached hydrogens (tertiary/aromatic N) is 2. The Hall–Kier alpha value is -0.320. The molecule has 1 aliphatic heterocycles. The third kappa shape index (κ3) is 4.62. The third-order valence-electron chi connectivity index (χ3n) is 4.34. The zero-order chi connectivity index (χ0) is 13.0. The molecule has 0 aromatic carbocycles. The maximum atomic E-state index is 12.4. The van der Waals surface area contributed by atoms with Crippen molar-refractivity contribution in [3.05, 3.63) is 0 Å². The zero-order valence-corrected chi connectivity index (χ0v) is 12.8. The molecule has 1 aliphatic carbocycles. The monoisotopic (exact) mass is 289 g/mol. The molecule has 4 nitrogen and oxygen atoms in total. The first-order valence-corrected chi connectivity index (χ1v) is 7.48. The number of amides is 1. The van der Waals surface area contributed by atoms with Gasteiger partial charge in [-0.3, -0.25) is 9.69 Å². The van der Waals surface area contributed by atoms with Gasteiger partial charge >= 0.3 is 0 Å². The Labute approximate surface area is 123 Å². The summed E-state index contributed by atoms with van der Waals surface area (Å²) in [6, 6.07) is 0.759. The number of carbonyl (C=O) groups excluding carboxylic acids is 1. The standard InChI is InChI=1S/C14H27N3O.ClH/c1-2-17(13-6-4-3-5-7-13)14(18)11-16-9-8-12(15)10-16;/h12-13H,2-11,15H2,1H3;1H/t12-;/m0./s1. The molecule has 0 aromatic heterocycles. The molecule has 19 heavy (non-hydrogen) atoms. The maximum absolute atomic E-state index is 12.4. The van der Waals surface area contributed by atoms with Crippen molar-refractivity contribution in [1.29, 1.82) is 0 Å². The summed E-state index contributed by atoms with van der Waals surface area (Å²) in [5, 5.41) is 0. The summed E-state index contributed by atoms with van der Waals surface area (Å²) in [7, 11) is 0. The molecule has 0 spiro atoms. The lowest BCUT2D eigenvalue weighted by Crippen LogP contribution is -2.46. The molecule has 5 heteroatoms. The molecule has 112 valence electrons. The van der Waals surface area contributed by atoms with Crippen molar-refractivity contribution >= 4 is 18.3 Å². The van der Waals surface area contributed by atoms with Crippen molar-refractivity contribution in [2.24, 2.45) is 5.73 Å². The third-order valence-corrected chi connectivity index (χ3v) is 4.34. The van der Waals surface area contributed by atoms with Gasteiger partial charge in [-0.25, -0.2) is 0 Å². The van der Waals surface area contributed by atoms with Gasteiger partial charge in [-0.05, 0) is 26.2 Å². The molecule has 1 saturated carbocycles. The second kappa shape index (κ2) is 8.08. The van der Waals surface area contributed by atoms with E-state index in [0.717, 1.165) is 26.1 Å². The summed E-state index contributed by atoms with van der Waals surface area (Å²) in [6.07, 6.45) is 7.32. The molecule has 0 radical (unpaired) electrons. The Bertz CT molecular complexity index is 282. The van der Waals surface area contributed by atoms with E-state index < -0.39 is 0 Å². The van der Waals surface area contributed by atoms with Crippen molar-refractivity contribution < 1.29 is 4.79 Å². The van der Waals surface area contributed by atoms with Gasteiger partial charge in [-0.1, -0.05) is 19.3 Å². The van der Waals surface area contributed by atoms with Gasteiger partial charge < -0.3 is 10.6 Å². The molecule has 1 atom stereocenters. The molecule has 0 bridgehead atoms. The predicted octanol–water partition coefficient (Wildman–Crippen LogP) is 1.62. The predicted molar refractivity (Wildman–Crippen MR) is 80.5 cm³/mol. The Balaban J connectivity index is 0.00000180. The Morgan fingerprint density at radius 1 is 1.26 bits per heavy atom. The average molecular weight is 290 g/mol. The summed E-state index contributed by atoms with van der Waals surface area (Å²) in [6.45, 7) is 5.38. The van der Waals surface area contributed by atoms with Crippen LogP contribution in [0.4, 0.5) is 0 Å². The van der Waals surface area contributed by atoms with E-state index in [1.807, 2.05) is 0 Å². The van der Waals surface area contributed by atoms with Gasteiger partial charge in [-0.15, -0.1) is 12.4 Å². The largest absolute Gasteiger partial charge is 0.339 e. The van der Waals surface area contributed by atoms with Crippen LogP contribution >= 0.6 is 12.4 Å². The molecule has 1 amide bonds. The van der Waals surface area contributed by atoms with E-state index in [0.29, 0.717) is 18.5 Å². The Morgan fingerprint density at radius 2 is 1.95 bits per heavy atom. The van der Waals surface area contributed by atoms with Crippen LogP contribution in [0, 0.1) is 0 Å². The number of likely N-dealkylation sites (N-methyl/N-ethyl adjacent to an activating group) is 1. The van der Waals surface area contributed by atoms with E-state index in [-0.39, 0.29) is 18.4 Å². The van der Waals surface area contributed by atoms with Gasteiger partial charge in [-0.2, -0.15) is 0 Å². The van der Waals surface area contributed by atoms with Gasteiger partial charge in [0.1, 0.15) is 0 Å². The van der Waals surface area contributed by atoms with E-state index in [1.165, 1.54) is 32.1 Å². The van der Waals surface area contributed by atoms with Crippen LogP contribution in [0.1, 0.15) is 45.4 Å². The molecule has 2 N–H and O–H groups in total. The molecule has 1 saturated heterocycles. The Morgan fingerprint density at radius 3 is 2.47 bits per heavy atom. The van der Waals surface area contributed by atoms with E-state index >= 15 is 0 Å². The van der Waals surface area contributed by atoms with Crippen molar-refractivity contribution in [2.75, 3.05) is 26.2 Å². The lowest BCUT2D eigenvalue weighted by Gasteiger charge is -2.34. The minimum absolute atomic E-state index is 0. The quantitative estimate of drug-likeness (QED) is 0.856. The van der Waals surface area contributed by atoms with Crippen LogP contribution in [0.25, 0.3) is 0 Å². The van der Waals surface area contributed by atoms with E-state index in [1.54, 1.807) is 0 Å². The summed E-state index contributed by atoms with van der Waals surface area (Å²) in [5.41, 5.74) is 5.89. The lowest BCUT2D eigenvalue weighted by molar-refractivity contribution is -0.134. The van der Waals surface area contributed by atoms with Crippen LogP contribution in [0.5, 0.6) is 0 Å². The number of likely N-dealkylation sites (tertiary alicyclic amines) is 1. The number of hydrogen-bond donors (Lipinski definition) is 1. The molecule has 2 aliphatic rings. The maximum Gasteiger partial charge on any atom is 0.236 e. The van der Waals surface area contributed by atoms with Gasteiger partial charge in [0.15, 0.2) is 0 Å². The molecular formula is C14H28ClN3O. The highest BCUT2D eigenvalue weighted by Crippen LogP contribution is 2.22. The molecule has 2 rings (SSSR count). The van der Waals surface area contributed by atoms with Crippen LogP contribution in [0.2, 0.25) is 0 Å². The summed E-state index contributed by atoms with van der Waals surface area (Å²) < 4.78 is 0. The van der Waals surface area contributed by atoms with Crippen molar-refractivity contribution in [3.63, 3.8) is 0 Å². The van der Waals surface area contributed by atoms with E-state index in [4.69, 9.17) is 5.73 Å². The van der Waals surface area contributed by atoms with Crippen LogP contribution in [-0.2, 0) is 4.79 Å². The fraction of sp³-hybridized carbons (Fsp3) is 0.929. The number of rotatable bonds is 4. The first-order valence-electron chi connectivity index (χ1n) is 7.48. The van der Waals surface area contributed by atoms with Crippen LogP contribution in [0.15, 0.2) is 0 Å². The first kappa shape index (κ1) is 16.7. The van der Waals surface area contributed by atoms with Gasteiger partial charge in [0.05, 0.1) is 6.54 Å². The highest BCUT2D eigenvalue weighted by Gasteiger charge is 2.27. The number of hydrogen-bond acceptors (Lipinski definition) is 3. The highest BCUT2D eigenvalue weighted by molar-refractivity contribution is 5.85. The Kier molecular flexibility index (Phi) is 7.11. The molecule has 1 heterocycles. The lowest BCUT2D eigenvalue weighted by atomic mass is 9.94. The van der Waals surface area contributed by atoms with Crippen LogP contribution in [0.3, 0.4) is 0 Å². The normalized spacial score (nSPS) is 25.1. The SMILES string of the molecule is CCN(C(=O)CN1CC[C@H](N)C1)C1CCCCC1.Cl. The molecule has 2 fully saturated rings. The topological polar surface area (TPSA) is 49.6 Å². The molecule has 0 aromatic rings. The number of nitrogens with two attached hydrogens (primary N) is 1. The fourth-order valence-electron chi connectivity index (χ4n) is 3.32. The minimum Gasteiger partial charge on any atom is -0.339 e. The average Bonchev–Trinajstić information content (AvgIpc) is 2.77. The summed E-state index contributed by atoms with van der Waals surface area (Å²) in [4.78, 5) is 16.7. The van der Waals surface area contributed by atoms with Crippen LogP contribution < -0.4 is 5.73 Å². The summed E-state index contributed by atoms with van der Waals surface area (Å²) in [5.74, 6) is 0.304. The smallest absolute Gasteiger partial charge is 0.236 e. The highest BCUT2D eigenvalue weighted by atomic mass is 35.5. The number of carbonyl (C=O) groups is 1. The van der Waals surface area contributed by atoms with Gasteiger partial charge in [0, 0.05) is 31.7 Å². The van der Waals surface area contributed by atoms with Gasteiger partial charge in [0.2, 0.25) is 5.91 Å².